The zero-order valence-corrected chi connectivity index (χ0v) is 9.43. The van der Waals surface area contributed by atoms with Gasteiger partial charge in [-0.05, 0) is 16.8 Å². The Morgan fingerprint density at radius 1 is 1.24 bits per heavy atom. The van der Waals surface area contributed by atoms with E-state index >= 15 is 0 Å². The summed E-state index contributed by atoms with van der Waals surface area (Å²) in [5.74, 6) is -0.518. The number of carboxylic acids is 1. The largest absolute Gasteiger partial charge is 0.496 e. The Hall–Kier alpha value is -2.29. The Bertz CT molecular complexity index is 599. The fourth-order valence-corrected chi connectivity index (χ4v) is 1.84. The topological polar surface area (TPSA) is 46.5 Å². The third-order valence-electron chi connectivity index (χ3n) is 2.67. The maximum Gasteiger partial charge on any atom is 0.335 e. The number of fused-ring (bicyclic) bond motifs is 1. The smallest absolute Gasteiger partial charge is 0.335 e. The van der Waals surface area contributed by atoms with Crippen molar-refractivity contribution in [3.05, 3.63) is 48.5 Å². The van der Waals surface area contributed by atoms with E-state index in [1.54, 1.807) is 6.07 Å². The van der Waals surface area contributed by atoms with E-state index < -0.39 is 5.97 Å². The summed E-state index contributed by atoms with van der Waals surface area (Å²) in [6.45, 7) is 3.60. The summed E-state index contributed by atoms with van der Waals surface area (Å²) >= 11 is 0. The molecule has 17 heavy (non-hydrogen) atoms. The summed E-state index contributed by atoms with van der Waals surface area (Å²) in [7, 11) is 1.52. The molecule has 2 rings (SSSR count). The van der Waals surface area contributed by atoms with Crippen molar-refractivity contribution in [3.8, 4) is 5.75 Å². The van der Waals surface area contributed by atoms with Gasteiger partial charge in [0.2, 0.25) is 0 Å². The molecular formula is C14H12O3. The van der Waals surface area contributed by atoms with Gasteiger partial charge in [-0.2, -0.15) is 0 Å². The van der Waals surface area contributed by atoms with Gasteiger partial charge in [-0.3, -0.25) is 0 Å². The molecule has 0 heterocycles. The van der Waals surface area contributed by atoms with Gasteiger partial charge in [0.25, 0.3) is 0 Å². The van der Waals surface area contributed by atoms with Gasteiger partial charge in [0, 0.05) is 5.56 Å². The number of aliphatic carboxylic acids is 1. The highest BCUT2D eigenvalue weighted by atomic mass is 16.5. The highest BCUT2D eigenvalue weighted by molar-refractivity contribution is 6.19. The number of rotatable bonds is 3. The van der Waals surface area contributed by atoms with Crippen molar-refractivity contribution in [1.82, 2.24) is 0 Å². The summed E-state index contributed by atoms with van der Waals surface area (Å²) in [6, 6.07) is 11.2. The quantitative estimate of drug-likeness (QED) is 0.821. The zero-order valence-electron chi connectivity index (χ0n) is 9.43. The van der Waals surface area contributed by atoms with E-state index in [0.29, 0.717) is 11.3 Å². The van der Waals surface area contributed by atoms with Crippen molar-refractivity contribution in [1.29, 1.82) is 0 Å². The first-order valence-corrected chi connectivity index (χ1v) is 5.13. The second-order valence-corrected chi connectivity index (χ2v) is 3.65. The number of carboxylic acid groups (broad SMARTS) is 1. The minimum Gasteiger partial charge on any atom is -0.496 e. The molecule has 0 radical (unpaired) electrons. The Morgan fingerprint density at radius 3 is 2.59 bits per heavy atom. The first-order chi connectivity index (χ1) is 8.15. The highest BCUT2D eigenvalue weighted by Crippen LogP contribution is 2.32. The van der Waals surface area contributed by atoms with Crippen molar-refractivity contribution < 1.29 is 14.6 Å². The number of methoxy groups -OCH3 is 1. The van der Waals surface area contributed by atoms with Crippen LogP contribution in [-0.4, -0.2) is 18.2 Å². The van der Waals surface area contributed by atoms with Gasteiger partial charge in [-0.1, -0.05) is 36.9 Å². The molecule has 2 aromatic carbocycles. The fraction of sp³-hybridized carbons (Fsp3) is 0.0714. The van der Waals surface area contributed by atoms with Crippen LogP contribution in [0.3, 0.4) is 0 Å². The molecule has 0 atom stereocenters. The first kappa shape index (κ1) is 11.2. The van der Waals surface area contributed by atoms with E-state index in [0.717, 1.165) is 10.8 Å². The maximum absolute atomic E-state index is 11.1. The van der Waals surface area contributed by atoms with Crippen LogP contribution in [-0.2, 0) is 4.79 Å². The van der Waals surface area contributed by atoms with Crippen molar-refractivity contribution in [2.45, 2.75) is 0 Å². The number of ether oxygens (including phenoxy) is 1. The molecule has 3 heteroatoms. The molecule has 0 aliphatic heterocycles. The van der Waals surface area contributed by atoms with Crippen LogP contribution < -0.4 is 4.74 Å². The molecule has 0 unspecified atom stereocenters. The molecule has 0 amide bonds. The van der Waals surface area contributed by atoms with E-state index in [4.69, 9.17) is 9.84 Å². The standard InChI is InChI=1S/C14H12O3/c1-9(14(15)16)13-11-6-4-3-5-10(11)7-8-12(13)17-2/h3-8H,1H2,2H3,(H,15,16). The van der Waals surface area contributed by atoms with Crippen LogP contribution in [0.1, 0.15) is 5.56 Å². The second kappa shape index (κ2) is 4.29. The predicted molar refractivity (Wildman–Crippen MR) is 67.2 cm³/mol. The van der Waals surface area contributed by atoms with Gasteiger partial charge in [-0.15, -0.1) is 0 Å². The van der Waals surface area contributed by atoms with Crippen molar-refractivity contribution in [3.63, 3.8) is 0 Å². The molecule has 3 nitrogen and oxygen atoms in total. The predicted octanol–water partition coefficient (Wildman–Crippen LogP) is 2.95. The van der Waals surface area contributed by atoms with Gasteiger partial charge in [0.15, 0.2) is 0 Å². The molecule has 0 fully saturated rings. The number of benzene rings is 2. The molecule has 2 aromatic rings. The van der Waals surface area contributed by atoms with Gasteiger partial charge in [0.05, 0.1) is 12.7 Å². The molecule has 1 N–H and O–H groups in total. The minimum atomic E-state index is -1.04. The van der Waals surface area contributed by atoms with E-state index in [2.05, 4.69) is 6.58 Å². The molecule has 86 valence electrons. The van der Waals surface area contributed by atoms with Crippen LogP contribution in [0.25, 0.3) is 16.3 Å². The Balaban J connectivity index is 2.80. The number of hydrogen-bond donors (Lipinski definition) is 1. The molecule has 0 saturated heterocycles. The lowest BCUT2D eigenvalue weighted by Gasteiger charge is -2.11. The van der Waals surface area contributed by atoms with Crippen molar-refractivity contribution in [2.75, 3.05) is 7.11 Å². The van der Waals surface area contributed by atoms with Gasteiger partial charge in [0.1, 0.15) is 5.75 Å². The average molecular weight is 228 g/mol. The van der Waals surface area contributed by atoms with Crippen LogP contribution >= 0.6 is 0 Å². The number of hydrogen-bond acceptors (Lipinski definition) is 2. The molecular weight excluding hydrogens is 216 g/mol. The van der Waals surface area contributed by atoms with Crippen LogP contribution in [0.4, 0.5) is 0 Å². The molecule has 0 aliphatic rings. The molecule has 0 bridgehead atoms. The third-order valence-corrected chi connectivity index (χ3v) is 2.67. The van der Waals surface area contributed by atoms with Gasteiger partial charge >= 0.3 is 5.97 Å². The number of carbonyl (C=O) groups is 1. The highest BCUT2D eigenvalue weighted by Gasteiger charge is 2.16. The second-order valence-electron chi connectivity index (χ2n) is 3.65. The third kappa shape index (κ3) is 1.87. The molecule has 0 aromatic heterocycles. The molecule has 0 spiro atoms. The van der Waals surface area contributed by atoms with Crippen molar-refractivity contribution in [2.24, 2.45) is 0 Å². The van der Waals surface area contributed by atoms with Crippen LogP contribution in [0, 0.1) is 0 Å². The van der Waals surface area contributed by atoms with Crippen LogP contribution in [0.2, 0.25) is 0 Å². The van der Waals surface area contributed by atoms with Crippen LogP contribution in [0.5, 0.6) is 5.75 Å². The molecule has 0 saturated carbocycles. The summed E-state index contributed by atoms with van der Waals surface area (Å²) in [5, 5.41) is 10.9. The fourth-order valence-electron chi connectivity index (χ4n) is 1.84. The van der Waals surface area contributed by atoms with Crippen LogP contribution in [0.15, 0.2) is 43.0 Å². The van der Waals surface area contributed by atoms with E-state index in [-0.39, 0.29) is 5.57 Å². The van der Waals surface area contributed by atoms with Gasteiger partial charge in [-0.25, -0.2) is 4.79 Å². The summed E-state index contributed by atoms with van der Waals surface area (Å²) in [5.41, 5.74) is 0.580. The molecule has 0 aliphatic carbocycles. The zero-order chi connectivity index (χ0) is 12.4. The Labute approximate surface area is 99.0 Å². The lowest BCUT2D eigenvalue weighted by Crippen LogP contribution is -2.01. The van der Waals surface area contributed by atoms with Crippen molar-refractivity contribution >= 4 is 22.3 Å². The Kier molecular flexibility index (Phi) is 2.83. The SMILES string of the molecule is C=C(C(=O)O)c1c(OC)ccc2ccccc12. The first-order valence-electron chi connectivity index (χ1n) is 5.13. The average Bonchev–Trinajstić information content (AvgIpc) is 2.36. The maximum atomic E-state index is 11.1. The normalized spacial score (nSPS) is 10.2. The summed E-state index contributed by atoms with van der Waals surface area (Å²) in [4.78, 5) is 11.1. The van der Waals surface area contributed by atoms with E-state index in [9.17, 15) is 4.79 Å². The lowest BCUT2D eigenvalue weighted by molar-refractivity contribution is -0.130. The van der Waals surface area contributed by atoms with Gasteiger partial charge < -0.3 is 9.84 Å². The lowest BCUT2D eigenvalue weighted by atomic mass is 9.98. The van der Waals surface area contributed by atoms with E-state index in [1.807, 2.05) is 30.3 Å². The van der Waals surface area contributed by atoms with E-state index in [1.165, 1.54) is 7.11 Å². The Morgan fingerprint density at radius 2 is 1.94 bits per heavy atom. The summed E-state index contributed by atoms with van der Waals surface area (Å²) in [6.07, 6.45) is 0. The summed E-state index contributed by atoms with van der Waals surface area (Å²) < 4.78 is 5.20. The monoisotopic (exact) mass is 228 g/mol. The minimum absolute atomic E-state index is 0.0404.